The van der Waals surface area contributed by atoms with E-state index in [1.807, 2.05) is 20.8 Å². The number of nitrogens with zero attached hydrogens (tertiary/aromatic N) is 3. The first-order chi connectivity index (χ1) is 8.10. The molecule has 0 aromatic rings. The van der Waals surface area contributed by atoms with Crippen LogP contribution in [0.1, 0.15) is 27.2 Å². The van der Waals surface area contributed by atoms with E-state index >= 15 is 0 Å². The SMILES string of the molecule is CCOCCCN1CCN(C(C)(C)C#N)CC1. The summed E-state index contributed by atoms with van der Waals surface area (Å²) in [6.07, 6.45) is 1.11. The summed E-state index contributed by atoms with van der Waals surface area (Å²) >= 11 is 0. The van der Waals surface area contributed by atoms with Crippen LogP contribution in [0.25, 0.3) is 0 Å². The lowest BCUT2D eigenvalue weighted by atomic mass is 10.0. The number of ether oxygens (including phenoxy) is 1. The summed E-state index contributed by atoms with van der Waals surface area (Å²) in [4.78, 5) is 4.73. The van der Waals surface area contributed by atoms with Gasteiger partial charge in [-0.1, -0.05) is 0 Å². The lowest BCUT2D eigenvalue weighted by Crippen LogP contribution is -2.54. The molecule has 98 valence electrons. The monoisotopic (exact) mass is 239 g/mol. The van der Waals surface area contributed by atoms with Gasteiger partial charge in [0.25, 0.3) is 0 Å². The Morgan fingerprint density at radius 3 is 2.41 bits per heavy atom. The fraction of sp³-hybridized carbons (Fsp3) is 0.923. The van der Waals surface area contributed by atoms with Crippen molar-refractivity contribution in [3.8, 4) is 6.07 Å². The zero-order chi connectivity index (χ0) is 12.7. The second kappa shape index (κ2) is 6.95. The molecule has 4 heteroatoms. The molecule has 1 rings (SSSR count). The number of hydrogen-bond donors (Lipinski definition) is 0. The molecule has 0 spiro atoms. The van der Waals surface area contributed by atoms with Crippen LogP contribution in [-0.4, -0.2) is 61.3 Å². The van der Waals surface area contributed by atoms with Gasteiger partial charge in [0, 0.05) is 45.9 Å². The summed E-state index contributed by atoms with van der Waals surface area (Å²) in [6, 6.07) is 2.37. The number of piperazine rings is 1. The van der Waals surface area contributed by atoms with Gasteiger partial charge in [0.2, 0.25) is 0 Å². The largest absolute Gasteiger partial charge is 0.382 e. The highest BCUT2D eigenvalue weighted by Crippen LogP contribution is 2.15. The Morgan fingerprint density at radius 1 is 1.24 bits per heavy atom. The van der Waals surface area contributed by atoms with Crippen molar-refractivity contribution in [1.82, 2.24) is 9.80 Å². The molecule has 0 saturated carbocycles. The molecule has 0 aromatic heterocycles. The third-order valence-electron chi connectivity index (χ3n) is 3.40. The van der Waals surface area contributed by atoms with Crippen molar-refractivity contribution in [3.05, 3.63) is 0 Å². The first kappa shape index (κ1) is 14.4. The third kappa shape index (κ3) is 4.63. The molecule has 1 saturated heterocycles. The van der Waals surface area contributed by atoms with Crippen molar-refractivity contribution in [3.63, 3.8) is 0 Å². The van der Waals surface area contributed by atoms with Crippen LogP contribution in [0.2, 0.25) is 0 Å². The van der Waals surface area contributed by atoms with Crippen LogP contribution in [0.15, 0.2) is 0 Å². The van der Waals surface area contributed by atoms with Crippen molar-refractivity contribution in [2.24, 2.45) is 0 Å². The van der Waals surface area contributed by atoms with Crippen LogP contribution in [-0.2, 0) is 4.74 Å². The Morgan fingerprint density at radius 2 is 1.88 bits per heavy atom. The average Bonchev–Trinajstić information content (AvgIpc) is 2.35. The molecule has 4 nitrogen and oxygen atoms in total. The first-order valence-electron chi connectivity index (χ1n) is 6.56. The van der Waals surface area contributed by atoms with E-state index in [2.05, 4.69) is 15.9 Å². The maximum atomic E-state index is 9.09. The van der Waals surface area contributed by atoms with E-state index in [4.69, 9.17) is 10.00 Å². The predicted octanol–water partition coefficient (Wildman–Crippen LogP) is 1.33. The highest BCUT2D eigenvalue weighted by Gasteiger charge is 2.29. The molecule has 0 atom stereocenters. The van der Waals surface area contributed by atoms with Crippen LogP contribution in [0.4, 0.5) is 0 Å². The van der Waals surface area contributed by atoms with Gasteiger partial charge in [-0.25, -0.2) is 0 Å². The van der Waals surface area contributed by atoms with Crippen LogP contribution in [0.3, 0.4) is 0 Å². The number of hydrogen-bond acceptors (Lipinski definition) is 4. The zero-order valence-corrected chi connectivity index (χ0v) is 11.4. The van der Waals surface area contributed by atoms with Gasteiger partial charge < -0.3 is 9.64 Å². The summed E-state index contributed by atoms with van der Waals surface area (Å²) in [5, 5.41) is 9.09. The van der Waals surface area contributed by atoms with Gasteiger partial charge in [-0.15, -0.1) is 0 Å². The maximum Gasteiger partial charge on any atom is 0.103 e. The minimum absolute atomic E-state index is 0.322. The second-order valence-electron chi connectivity index (χ2n) is 5.05. The molecule has 1 aliphatic rings. The molecule has 0 bridgehead atoms. The number of nitriles is 1. The van der Waals surface area contributed by atoms with Gasteiger partial charge in [0.1, 0.15) is 5.54 Å². The van der Waals surface area contributed by atoms with Crippen LogP contribution in [0.5, 0.6) is 0 Å². The third-order valence-corrected chi connectivity index (χ3v) is 3.40. The smallest absolute Gasteiger partial charge is 0.103 e. The summed E-state index contributed by atoms with van der Waals surface area (Å²) in [5.74, 6) is 0. The van der Waals surface area contributed by atoms with Crippen molar-refractivity contribution < 1.29 is 4.74 Å². The molecule has 0 aromatic carbocycles. The van der Waals surface area contributed by atoms with E-state index < -0.39 is 0 Å². The fourth-order valence-electron chi connectivity index (χ4n) is 2.14. The maximum absolute atomic E-state index is 9.09. The minimum Gasteiger partial charge on any atom is -0.382 e. The van der Waals surface area contributed by atoms with E-state index in [1.54, 1.807) is 0 Å². The van der Waals surface area contributed by atoms with Crippen molar-refractivity contribution in [1.29, 1.82) is 5.26 Å². The highest BCUT2D eigenvalue weighted by atomic mass is 16.5. The molecule has 0 radical (unpaired) electrons. The Kier molecular flexibility index (Phi) is 5.90. The molecule has 0 amide bonds. The lowest BCUT2D eigenvalue weighted by Gasteiger charge is -2.40. The molecule has 1 aliphatic heterocycles. The van der Waals surface area contributed by atoms with Crippen LogP contribution < -0.4 is 0 Å². The van der Waals surface area contributed by atoms with Crippen molar-refractivity contribution >= 4 is 0 Å². The van der Waals surface area contributed by atoms with Gasteiger partial charge in [-0.2, -0.15) is 5.26 Å². The predicted molar refractivity (Wildman–Crippen MR) is 68.8 cm³/mol. The van der Waals surface area contributed by atoms with E-state index in [-0.39, 0.29) is 5.54 Å². The average molecular weight is 239 g/mol. The minimum atomic E-state index is -0.322. The molecule has 0 unspecified atom stereocenters. The molecule has 0 N–H and O–H groups in total. The summed E-state index contributed by atoms with van der Waals surface area (Å²) in [6.45, 7) is 12.9. The Labute approximate surface area is 105 Å². The quantitative estimate of drug-likeness (QED) is 0.656. The highest BCUT2D eigenvalue weighted by molar-refractivity contribution is 5.02. The fourth-order valence-corrected chi connectivity index (χ4v) is 2.14. The summed E-state index contributed by atoms with van der Waals surface area (Å²) in [5.41, 5.74) is -0.322. The summed E-state index contributed by atoms with van der Waals surface area (Å²) in [7, 11) is 0. The molecular weight excluding hydrogens is 214 g/mol. The Bertz CT molecular complexity index is 252. The van der Waals surface area contributed by atoms with E-state index in [0.29, 0.717) is 0 Å². The van der Waals surface area contributed by atoms with E-state index in [0.717, 1.165) is 52.4 Å². The molecular formula is C13H25N3O. The number of rotatable bonds is 6. The molecule has 1 fully saturated rings. The van der Waals surface area contributed by atoms with Gasteiger partial charge in [-0.3, -0.25) is 4.90 Å². The molecule has 1 heterocycles. The summed E-state index contributed by atoms with van der Waals surface area (Å²) < 4.78 is 5.34. The topological polar surface area (TPSA) is 39.5 Å². The van der Waals surface area contributed by atoms with Crippen LogP contribution in [0, 0.1) is 11.3 Å². The van der Waals surface area contributed by atoms with Gasteiger partial charge >= 0.3 is 0 Å². The van der Waals surface area contributed by atoms with Gasteiger partial charge in [-0.05, 0) is 27.2 Å². The Balaban J connectivity index is 2.20. The molecule has 0 aliphatic carbocycles. The normalized spacial score (nSPS) is 19.2. The standard InChI is InChI=1S/C13H25N3O/c1-4-17-11-5-6-15-7-9-16(10-8-15)13(2,3)12-14/h4-11H2,1-3H3. The second-order valence-corrected chi connectivity index (χ2v) is 5.05. The van der Waals surface area contributed by atoms with Crippen LogP contribution >= 0.6 is 0 Å². The van der Waals surface area contributed by atoms with E-state index in [1.165, 1.54) is 0 Å². The zero-order valence-electron chi connectivity index (χ0n) is 11.4. The first-order valence-corrected chi connectivity index (χ1v) is 6.56. The van der Waals surface area contributed by atoms with Crippen molar-refractivity contribution in [2.45, 2.75) is 32.7 Å². The van der Waals surface area contributed by atoms with Gasteiger partial charge in [0.15, 0.2) is 0 Å². The van der Waals surface area contributed by atoms with E-state index in [9.17, 15) is 0 Å². The lowest BCUT2D eigenvalue weighted by molar-refractivity contribution is 0.0706. The van der Waals surface area contributed by atoms with Crippen molar-refractivity contribution in [2.75, 3.05) is 45.9 Å². The Hall–Kier alpha value is -0.630. The van der Waals surface area contributed by atoms with Gasteiger partial charge in [0.05, 0.1) is 6.07 Å². The molecule has 17 heavy (non-hydrogen) atoms.